The fourth-order valence-electron chi connectivity index (χ4n) is 4.38. The van der Waals surface area contributed by atoms with E-state index < -0.39 is 23.6 Å². The number of benzene rings is 2. The van der Waals surface area contributed by atoms with E-state index in [0.717, 1.165) is 12.4 Å². The van der Waals surface area contributed by atoms with E-state index in [-0.39, 0.29) is 29.4 Å². The van der Waals surface area contributed by atoms with Crippen molar-refractivity contribution in [2.75, 3.05) is 23.7 Å². The Morgan fingerprint density at radius 2 is 1.62 bits per heavy atom. The highest BCUT2D eigenvalue weighted by Gasteiger charge is 2.31. The molecule has 5 N–H and O–H groups in total. The SMILES string of the molecule is NC(=O)c1cccc2[nH]c(NC(=O)c3ccc(C(=O)N4CCC(Nc5ncc(C(F)(F)F)cn5)CC4)cc3)nc12. The number of carbonyl (C=O) groups is 3. The van der Waals surface area contributed by atoms with Crippen LogP contribution in [0.25, 0.3) is 11.0 Å². The number of aromatic nitrogens is 4. The van der Waals surface area contributed by atoms with E-state index in [1.807, 2.05) is 0 Å². The van der Waals surface area contributed by atoms with Gasteiger partial charge < -0.3 is 20.9 Å². The third-order valence-corrected chi connectivity index (χ3v) is 6.50. The lowest BCUT2D eigenvalue weighted by Gasteiger charge is -2.32. The zero-order valence-corrected chi connectivity index (χ0v) is 20.8. The van der Waals surface area contributed by atoms with Gasteiger partial charge >= 0.3 is 6.18 Å². The van der Waals surface area contributed by atoms with Gasteiger partial charge in [-0.2, -0.15) is 13.2 Å². The molecule has 40 heavy (non-hydrogen) atoms. The number of fused-ring (bicyclic) bond motifs is 1. The number of likely N-dealkylation sites (tertiary alicyclic amines) is 1. The van der Waals surface area contributed by atoms with Crippen molar-refractivity contribution in [2.45, 2.75) is 25.1 Å². The minimum absolute atomic E-state index is 0.0934. The lowest BCUT2D eigenvalue weighted by Crippen LogP contribution is -2.42. The number of alkyl halides is 3. The number of halogens is 3. The molecule has 0 unspecified atom stereocenters. The summed E-state index contributed by atoms with van der Waals surface area (Å²) in [5.41, 5.74) is 6.27. The first kappa shape index (κ1) is 26.6. The Kier molecular flexibility index (Phi) is 7.07. The summed E-state index contributed by atoms with van der Waals surface area (Å²) >= 11 is 0. The maximum absolute atomic E-state index is 13.0. The molecule has 2 aromatic carbocycles. The van der Waals surface area contributed by atoms with Crippen LogP contribution >= 0.6 is 0 Å². The number of H-pyrrole nitrogens is 1. The summed E-state index contributed by atoms with van der Waals surface area (Å²) in [5.74, 6) is -1.05. The van der Waals surface area contributed by atoms with Crippen molar-refractivity contribution < 1.29 is 27.6 Å². The maximum atomic E-state index is 13.0. The highest BCUT2D eigenvalue weighted by atomic mass is 19.4. The van der Waals surface area contributed by atoms with Crippen LogP contribution in [0.15, 0.2) is 54.9 Å². The number of imidazole rings is 1. The van der Waals surface area contributed by atoms with Crippen LogP contribution in [0.1, 0.15) is 49.5 Å². The van der Waals surface area contributed by atoms with E-state index >= 15 is 0 Å². The normalized spacial score (nSPS) is 14.2. The number of nitrogens with two attached hydrogens (primary N) is 1. The number of nitrogens with zero attached hydrogens (tertiary/aromatic N) is 4. The van der Waals surface area contributed by atoms with Crippen LogP contribution in [-0.4, -0.2) is 61.7 Å². The smallest absolute Gasteiger partial charge is 0.366 e. The minimum Gasteiger partial charge on any atom is -0.366 e. The molecule has 1 saturated heterocycles. The van der Waals surface area contributed by atoms with Gasteiger partial charge in [0.1, 0.15) is 5.52 Å². The van der Waals surface area contributed by atoms with Crippen LogP contribution in [0.5, 0.6) is 0 Å². The van der Waals surface area contributed by atoms with Crippen LogP contribution < -0.4 is 16.4 Å². The number of nitrogens with one attached hydrogen (secondary N) is 3. The van der Waals surface area contributed by atoms with Gasteiger partial charge in [0.25, 0.3) is 17.7 Å². The Morgan fingerprint density at radius 3 is 2.25 bits per heavy atom. The molecule has 11 nitrogen and oxygen atoms in total. The zero-order valence-electron chi connectivity index (χ0n) is 20.8. The number of primary amides is 1. The van der Waals surface area contributed by atoms with Crippen LogP contribution in [0.3, 0.4) is 0 Å². The molecule has 4 aromatic rings. The van der Waals surface area contributed by atoms with Crippen LogP contribution in [0, 0.1) is 0 Å². The van der Waals surface area contributed by atoms with E-state index in [1.165, 1.54) is 12.1 Å². The van der Waals surface area contributed by atoms with Crippen LogP contribution in [-0.2, 0) is 6.18 Å². The van der Waals surface area contributed by atoms with Gasteiger partial charge in [-0.05, 0) is 49.2 Å². The van der Waals surface area contributed by atoms with Crippen molar-refractivity contribution >= 4 is 40.7 Å². The van der Waals surface area contributed by atoms with E-state index in [9.17, 15) is 27.6 Å². The van der Waals surface area contributed by atoms with Crippen molar-refractivity contribution in [1.82, 2.24) is 24.8 Å². The molecule has 1 fully saturated rings. The fourth-order valence-corrected chi connectivity index (χ4v) is 4.38. The molecule has 3 amide bonds. The molecule has 5 rings (SSSR count). The number of rotatable bonds is 6. The zero-order chi connectivity index (χ0) is 28.4. The average molecular weight is 553 g/mol. The Labute approximate surface area is 225 Å². The first-order valence-corrected chi connectivity index (χ1v) is 12.2. The Morgan fingerprint density at radius 1 is 0.975 bits per heavy atom. The first-order chi connectivity index (χ1) is 19.1. The molecule has 1 aliphatic rings. The summed E-state index contributed by atoms with van der Waals surface area (Å²) in [6, 6.07) is 11.0. The van der Waals surface area contributed by atoms with Gasteiger partial charge in [0.15, 0.2) is 0 Å². The van der Waals surface area contributed by atoms with E-state index in [2.05, 4.69) is 30.6 Å². The second-order valence-electron chi connectivity index (χ2n) is 9.19. The van der Waals surface area contributed by atoms with Gasteiger partial charge in [-0.25, -0.2) is 15.0 Å². The number of aromatic amines is 1. The number of anilines is 2. The highest BCUT2D eigenvalue weighted by Crippen LogP contribution is 2.28. The van der Waals surface area contributed by atoms with Crippen molar-refractivity contribution in [1.29, 1.82) is 0 Å². The molecule has 0 bridgehead atoms. The summed E-state index contributed by atoms with van der Waals surface area (Å²) < 4.78 is 38.1. The van der Waals surface area contributed by atoms with Crippen molar-refractivity contribution in [2.24, 2.45) is 5.73 Å². The molecule has 206 valence electrons. The number of piperidine rings is 1. The Hall–Kier alpha value is -5.01. The fraction of sp³-hybridized carbons (Fsp3) is 0.231. The van der Waals surface area contributed by atoms with Crippen LogP contribution in [0.4, 0.5) is 25.1 Å². The van der Waals surface area contributed by atoms with Crippen molar-refractivity contribution in [3.8, 4) is 0 Å². The predicted molar refractivity (Wildman–Crippen MR) is 139 cm³/mol. The molecule has 14 heteroatoms. The molecule has 1 aliphatic heterocycles. The Balaban J connectivity index is 1.15. The molecule has 0 aliphatic carbocycles. The van der Waals surface area contributed by atoms with Gasteiger partial charge in [0, 0.05) is 42.7 Å². The molecule has 0 spiro atoms. The lowest BCUT2D eigenvalue weighted by atomic mass is 10.0. The van der Waals surface area contributed by atoms with E-state index in [1.54, 1.807) is 35.2 Å². The molecular formula is C26H23F3N8O3. The van der Waals surface area contributed by atoms with E-state index in [0.29, 0.717) is 48.1 Å². The van der Waals surface area contributed by atoms with Gasteiger partial charge in [-0.1, -0.05) is 6.07 Å². The largest absolute Gasteiger partial charge is 0.419 e. The second-order valence-corrected chi connectivity index (χ2v) is 9.19. The van der Waals surface area contributed by atoms with E-state index in [4.69, 9.17) is 5.73 Å². The summed E-state index contributed by atoms with van der Waals surface area (Å²) in [6.45, 7) is 0.859. The topological polar surface area (TPSA) is 159 Å². The van der Waals surface area contributed by atoms with Gasteiger partial charge in [-0.15, -0.1) is 0 Å². The van der Waals surface area contributed by atoms with Gasteiger partial charge in [0.05, 0.1) is 16.6 Å². The number of hydrogen-bond acceptors (Lipinski definition) is 7. The number of carbonyl (C=O) groups excluding carboxylic acids is 3. The monoisotopic (exact) mass is 552 g/mol. The third kappa shape index (κ3) is 5.70. The summed E-state index contributed by atoms with van der Waals surface area (Å²) in [4.78, 5) is 53.6. The standard InChI is InChI=1S/C26H23F3N8O3/c27-26(28,29)16-12-31-24(32-13-16)33-17-8-10-37(11-9-17)23(40)15-6-4-14(5-7-15)22(39)36-25-34-19-3-1-2-18(21(30)38)20(19)35-25/h1-7,12-13,17H,8-11H2,(H2,30,38)(H,31,32,33)(H2,34,35,36,39). The molecule has 0 atom stereocenters. The molecule has 2 aromatic heterocycles. The number of amides is 3. The Bertz CT molecular complexity index is 1560. The summed E-state index contributed by atoms with van der Waals surface area (Å²) in [7, 11) is 0. The van der Waals surface area contributed by atoms with Gasteiger partial charge in [-0.3, -0.25) is 19.7 Å². The molecule has 0 saturated carbocycles. The first-order valence-electron chi connectivity index (χ1n) is 12.2. The second kappa shape index (κ2) is 10.6. The highest BCUT2D eigenvalue weighted by molar-refractivity contribution is 6.07. The van der Waals surface area contributed by atoms with Crippen molar-refractivity contribution in [3.63, 3.8) is 0 Å². The molecule has 3 heterocycles. The summed E-state index contributed by atoms with van der Waals surface area (Å²) in [6.07, 6.45) is -1.92. The quantitative estimate of drug-likeness (QED) is 0.285. The molecular weight excluding hydrogens is 529 g/mol. The minimum atomic E-state index is -4.50. The lowest BCUT2D eigenvalue weighted by molar-refractivity contribution is -0.138. The van der Waals surface area contributed by atoms with Gasteiger partial charge in [0.2, 0.25) is 11.9 Å². The molecule has 0 radical (unpaired) electrons. The average Bonchev–Trinajstić information content (AvgIpc) is 3.35. The van der Waals surface area contributed by atoms with Crippen LogP contribution in [0.2, 0.25) is 0 Å². The maximum Gasteiger partial charge on any atom is 0.419 e. The van der Waals surface area contributed by atoms with Crippen molar-refractivity contribution in [3.05, 3.63) is 77.1 Å². The summed E-state index contributed by atoms with van der Waals surface area (Å²) in [5, 5.41) is 5.65. The predicted octanol–water partition coefficient (Wildman–Crippen LogP) is 3.44. The number of para-hydroxylation sites is 1. The third-order valence-electron chi connectivity index (χ3n) is 6.50. The number of hydrogen-bond donors (Lipinski definition) is 4.